The molecule has 1 heterocycles. The van der Waals surface area contributed by atoms with Gasteiger partial charge in [0.15, 0.2) is 0 Å². The van der Waals surface area contributed by atoms with Crippen molar-refractivity contribution < 1.29 is 0 Å². The third-order valence-corrected chi connectivity index (χ3v) is 4.65. The molecule has 0 bridgehead atoms. The Hall–Kier alpha value is -0.540. The van der Waals surface area contributed by atoms with Gasteiger partial charge in [-0.1, -0.05) is 26.8 Å². The van der Waals surface area contributed by atoms with Gasteiger partial charge in [-0.25, -0.2) is 0 Å². The Kier molecular flexibility index (Phi) is 4.02. The zero-order valence-electron chi connectivity index (χ0n) is 11.5. The highest BCUT2D eigenvalue weighted by molar-refractivity contribution is 9.10. The average Bonchev–Trinajstić information content (AvgIpc) is 2.72. The van der Waals surface area contributed by atoms with Crippen LogP contribution in [0.1, 0.15) is 32.8 Å². The lowest BCUT2D eigenvalue weighted by atomic mass is 9.80. The Morgan fingerprint density at radius 2 is 2.11 bits per heavy atom. The molecule has 0 aliphatic carbocycles. The van der Waals surface area contributed by atoms with E-state index in [9.17, 15) is 0 Å². The smallest absolute Gasteiger partial charge is 0.0458 e. The minimum absolute atomic E-state index is 0.427. The number of nitrogen functional groups attached to an aromatic ring is 1. The first-order chi connectivity index (χ1) is 8.36. The number of likely N-dealkylation sites (tertiary alicyclic amines) is 1. The Morgan fingerprint density at radius 3 is 2.67 bits per heavy atom. The molecule has 1 aliphatic rings. The van der Waals surface area contributed by atoms with Gasteiger partial charge in [0, 0.05) is 23.2 Å². The predicted molar refractivity (Wildman–Crippen MR) is 81.4 cm³/mol. The first-order valence-corrected chi connectivity index (χ1v) is 7.42. The quantitative estimate of drug-likeness (QED) is 0.839. The molecule has 2 N–H and O–H groups in total. The van der Waals surface area contributed by atoms with Gasteiger partial charge >= 0.3 is 0 Å². The fourth-order valence-electron chi connectivity index (χ4n) is 2.61. The van der Waals surface area contributed by atoms with Gasteiger partial charge in [-0.2, -0.15) is 0 Å². The third-order valence-electron chi connectivity index (χ3n) is 3.97. The fraction of sp³-hybridized carbons (Fsp3) is 0.600. The SMILES string of the molecule is CC(C)(C)C1CCN(Cc2ccc(N)c(Br)c2)C1. The van der Waals surface area contributed by atoms with E-state index in [4.69, 9.17) is 5.73 Å². The van der Waals surface area contributed by atoms with Crippen LogP contribution >= 0.6 is 15.9 Å². The van der Waals surface area contributed by atoms with Crippen LogP contribution in [0.2, 0.25) is 0 Å². The maximum Gasteiger partial charge on any atom is 0.0458 e. The van der Waals surface area contributed by atoms with Gasteiger partial charge in [-0.15, -0.1) is 0 Å². The Morgan fingerprint density at radius 1 is 1.39 bits per heavy atom. The van der Waals surface area contributed by atoms with Crippen molar-refractivity contribution in [2.75, 3.05) is 18.8 Å². The van der Waals surface area contributed by atoms with Crippen molar-refractivity contribution in [2.45, 2.75) is 33.7 Å². The lowest BCUT2D eigenvalue weighted by Crippen LogP contribution is -2.25. The molecule has 1 atom stereocenters. The van der Waals surface area contributed by atoms with Gasteiger partial charge < -0.3 is 5.73 Å². The number of hydrogen-bond acceptors (Lipinski definition) is 2. The number of benzene rings is 1. The van der Waals surface area contributed by atoms with Crippen molar-refractivity contribution in [1.82, 2.24) is 4.90 Å². The van der Waals surface area contributed by atoms with Crippen LogP contribution in [0.15, 0.2) is 22.7 Å². The molecule has 0 spiro atoms. The minimum Gasteiger partial charge on any atom is -0.398 e. The van der Waals surface area contributed by atoms with Crippen LogP contribution in [0.4, 0.5) is 5.69 Å². The second kappa shape index (κ2) is 5.22. The van der Waals surface area contributed by atoms with E-state index in [1.165, 1.54) is 25.1 Å². The third kappa shape index (κ3) is 3.27. The van der Waals surface area contributed by atoms with Gasteiger partial charge in [0.1, 0.15) is 0 Å². The van der Waals surface area contributed by atoms with Crippen LogP contribution < -0.4 is 5.73 Å². The molecule has 1 aliphatic heterocycles. The summed E-state index contributed by atoms with van der Waals surface area (Å²) in [4.78, 5) is 2.55. The Bertz CT molecular complexity index is 423. The minimum atomic E-state index is 0.427. The first-order valence-electron chi connectivity index (χ1n) is 6.62. The van der Waals surface area contributed by atoms with E-state index in [0.717, 1.165) is 22.6 Å². The van der Waals surface area contributed by atoms with E-state index in [1.807, 2.05) is 6.07 Å². The summed E-state index contributed by atoms with van der Waals surface area (Å²) < 4.78 is 1.01. The van der Waals surface area contributed by atoms with E-state index >= 15 is 0 Å². The van der Waals surface area contributed by atoms with Crippen molar-refractivity contribution in [3.05, 3.63) is 28.2 Å². The Labute approximate surface area is 119 Å². The molecule has 1 saturated heterocycles. The molecule has 0 aromatic heterocycles. The molecule has 2 rings (SSSR count). The molecule has 3 heteroatoms. The topological polar surface area (TPSA) is 29.3 Å². The number of nitrogens with two attached hydrogens (primary N) is 1. The van der Waals surface area contributed by atoms with Crippen LogP contribution in [-0.4, -0.2) is 18.0 Å². The summed E-state index contributed by atoms with van der Waals surface area (Å²) in [6, 6.07) is 6.25. The van der Waals surface area contributed by atoms with Crippen molar-refractivity contribution in [3.63, 3.8) is 0 Å². The van der Waals surface area contributed by atoms with Crippen molar-refractivity contribution in [3.8, 4) is 0 Å². The van der Waals surface area contributed by atoms with E-state index in [0.29, 0.717) is 5.41 Å². The molecular weight excluding hydrogens is 288 g/mol. The second-order valence-electron chi connectivity index (χ2n) is 6.44. The summed E-state index contributed by atoms with van der Waals surface area (Å²) in [5.41, 5.74) is 8.39. The summed E-state index contributed by atoms with van der Waals surface area (Å²) in [7, 11) is 0. The number of anilines is 1. The maximum atomic E-state index is 5.82. The molecule has 100 valence electrons. The molecule has 0 saturated carbocycles. The second-order valence-corrected chi connectivity index (χ2v) is 7.30. The number of halogens is 1. The van der Waals surface area contributed by atoms with E-state index in [1.54, 1.807) is 0 Å². The van der Waals surface area contributed by atoms with E-state index in [2.05, 4.69) is 53.7 Å². The van der Waals surface area contributed by atoms with Crippen molar-refractivity contribution in [1.29, 1.82) is 0 Å². The van der Waals surface area contributed by atoms with Crippen molar-refractivity contribution in [2.24, 2.45) is 11.3 Å². The number of rotatable bonds is 2. The van der Waals surface area contributed by atoms with Crippen LogP contribution in [0.3, 0.4) is 0 Å². The average molecular weight is 311 g/mol. The van der Waals surface area contributed by atoms with Crippen LogP contribution in [-0.2, 0) is 6.54 Å². The molecule has 0 radical (unpaired) electrons. The fourth-order valence-corrected chi connectivity index (χ4v) is 3.04. The summed E-state index contributed by atoms with van der Waals surface area (Å²) in [5.74, 6) is 0.815. The standard InChI is InChI=1S/C15H23BrN2/c1-15(2,3)12-6-7-18(10-12)9-11-4-5-14(17)13(16)8-11/h4-5,8,12H,6-7,9-10,17H2,1-3H3. The molecule has 18 heavy (non-hydrogen) atoms. The van der Waals surface area contributed by atoms with Gasteiger partial charge in [0.2, 0.25) is 0 Å². The summed E-state index contributed by atoms with van der Waals surface area (Å²) in [6.07, 6.45) is 1.32. The summed E-state index contributed by atoms with van der Waals surface area (Å²) in [5, 5.41) is 0. The van der Waals surface area contributed by atoms with Gasteiger partial charge in [-0.05, 0) is 57.9 Å². The highest BCUT2D eigenvalue weighted by atomic mass is 79.9. The lowest BCUT2D eigenvalue weighted by molar-refractivity contribution is 0.226. The largest absolute Gasteiger partial charge is 0.398 e. The zero-order chi connectivity index (χ0) is 13.3. The molecule has 1 aromatic rings. The van der Waals surface area contributed by atoms with E-state index in [-0.39, 0.29) is 0 Å². The maximum absolute atomic E-state index is 5.82. The summed E-state index contributed by atoms with van der Waals surface area (Å²) >= 11 is 3.50. The predicted octanol–water partition coefficient (Wildman–Crippen LogP) is 3.90. The van der Waals surface area contributed by atoms with Crippen LogP contribution in [0.25, 0.3) is 0 Å². The van der Waals surface area contributed by atoms with Gasteiger partial charge in [0.25, 0.3) is 0 Å². The van der Waals surface area contributed by atoms with Crippen LogP contribution in [0, 0.1) is 11.3 Å². The van der Waals surface area contributed by atoms with Gasteiger partial charge in [-0.3, -0.25) is 4.90 Å². The van der Waals surface area contributed by atoms with E-state index < -0.39 is 0 Å². The van der Waals surface area contributed by atoms with Gasteiger partial charge in [0.05, 0.1) is 0 Å². The molecular formula is C15H23BrN2. The molecule has 0 amide bonds. The monoisotopic (exact) mass is 310 g/mol. The highest BCUT2D eigenvalue weighted by Gasteiger charge is 2.31. The van der Waals surface area contributed by atoms with Crippen LogP contribution in [0.5, 0.6) is 0 Å². The first kappa shape index (κ1) is 13.9. The Balaban J connectivity index is 1.97. The summed E-state index contributed by atoms with van der Waals surface area (Å²) in [6.45, 7) is 10.5. The molecule has 1 unspecified atom stereocenters. The number of hydrogen-bond donors (Lipinski definition) is 1. The highest BCUT2D eigenvalue weighted by Crippen LogP contribution is 2.34. The molecule has 2 nitrogen and oxygen atoms in total. The molecule has 1 aromatic carbocycles. The number of nitrogens with zero attached hydrogens (tertiary/aromatic N) is 1. The molecule has 1 fully saturated rings. The lowest BCUT2D eigenvalue weighted by Gasteiger charge is -2.27. The van der Waals surface area contributed by atoms with Crippen molar-refractivity contribution >= 4 is 21.6 Å². The zero-order valence-corrected chi connectivity index (χ0v) is 13.1. The normalized spacial score (nSPS) is 21.4.